The van der Waals surface area contributed by atoms with Gasteiger partial charge in [0.05, 0.1) is 16.0 Å². The summed E-state index contributed by atoms with van der Waals surface area (Å²) in [5, 5.41) is 10.1. The van der Waals surface area contributed by atoms with E-state index in [1.54, 1.807) is 30.3 Å². The summed E-state index contributed by atoms with van der Waals surface area (Å²) in [6, 6.07) is 11.0. The minimum absolute atomic E-state index is 0.270. The molecule has 5 heteroatoms. The van der Waals surface area contributed by atoms with Crippen LogP contribution in [0.25, 0.3) is 0 Å². The molecule has 0 bridgehead atoms. The number of rotatable bonds is 5. The zero-order valence-electron chi connectivity index (χ0n) is 11.0. The van der Waals surface area contributed by atoms with Crippen molar-refractivity contribution in [1.82, 2.24) is 0 Å². The van der Waals surface area contributed by atoms with Gasteiger partial charge in [-0.25, -0.2) is 4.39 Å². The number of aliphatic carboxylic acids is 1. The Balaban J connectivity index is 2.18. The first-order valence-electron chi connectivity index (χ1n) is 6.37. The van der Waals surface area contributed by atoms with Crippen molar-refractivity contribution < 1.29 is 14.3 Å². The third-order valence-corrected chi connectivity index (χ3v) is 4.10. The average Bonchev–Trinajstić information content (AvgIpc) is 2.45. The lowest BCUT2D eigenvalue weighted by molar-refractivity contribution is -0.141. The molecule has 0 aromatic heterocycles. The number of carboxylic acids is 1. The molecule has 1 atom stereocenters. The molecule has 1 unspecified atom stereocenters. The maximum atomic E-state index is 12.9. The van der Waals surface area contributed by atoms with Crippen LogP contribution in [0.3, 0.4) is 0 Å². The monoisotopic (exact) mass is 326 g/mol. The molecule has 0 saturated carbocycles. The van der Waals surface area contributed by atoms with E-state index in [4.69, 9.17) is 23.2 Å². The van der Waals surface area contributed by atoms with Gasteiger partial charge in [0.25, 0.3) is 0 Å². The molecular formula is C16H13Cl2FO2. The van der Waals surface area contributed by atoms with Crippen LogP contribution in [0.1, 0.15) is 11.1 Å². The van der Waals surface area contributed by atoms with Crippen LogP contribution >= 0.6 is 23.2 Å². The third kappa shape index (κ3) is 4.19. The Morgan fingerprint density at radius 1 is 1.10 bits per heavy atom. The minimum atomic E-state index is -0.921. The Kier molecular flexibility index (Phi) is 5.21. The van der Waals surface area contributed by atoms with Gasteiger partial charge in [-0.05, 0) is 42.2 Å². The van der Waals surface area contributed by atoms with Gasteiger partial charge in [-0.15, -0.1) is 0 Å². The zero-order valence-corrected chi connectivity index (χ0v) is 12.5. The van der Waals surface area contributed by atoms with Crippen LogP contribution in [0.5, 0.6) is 0 Å². The quantitative estimate of drug-likeness (QED) is 0.870. The van der Waals surface area contributed by atoms with Crippen molar-refractivity contribution in [1.29, 1.82) is 0 Å². The molecule has 0 radical (unpaired) electrons. The summed E-state index contributed by atoms with van der Waals surface area (Å²) in [4.78, 5) is 11.4. The van der Waals surface area contributed by atoms with Gasteiger partial charge in [-0.2, -0.15) is 0 Å². The van der Waals surface area contributed by atoms with E-state index < -0.39 is 11.9 Å². The second kappa shape index (κ2) is 6.92. The predicted molar refractivity (Wildman–Crippen MR) is 81.4 cm³/mol. The van der Waals surface area contributed by atoms with Crippen LogP contribution in [-0.4, -0.2) is 11.1 Å². The topological polar surface area (TPSA) is 37.3 Å². The summed E-state index contributed by atoms with van der Waals surface area (Å²) >= 11 is 12.0. The molecule has 0 heterocycles. The molecule has 2 aromatic rings. The van der Waals surface area contributed by atoms with E-state index in [9.17, 15) is 14.3 Å². The van der Waals surface area contributed by atoms with Crippen molar-refractivity contribution >= 4 is 29.2 Å². The molecular weight excluding hydrogens is 314 g/mol. The maximum absolute atomic E-state index is 12.9. The highest BCUT2D eigenvalue weighted by Crippen LogP contribution is 2.28. The van der Waals surface area contributed by atoms with Gasteiger partial charge in [-0.1, -0.05) is 47.5 Å². The van der Waals surface area contributed by atoms with E-state index in [-0.39, 0.29) is 12.2 Å². The Morgan fingerprint density at radius 2 is 1.76 bits per heavy atom. The Labute approximate surface area is 132 Å². The van der Waals surface area contributed by atoms with E-state index in [1.165, 1.54) is 12.1 Å². The molecule has 0 fully saturated rings. The normalized spacial score (nSPS) is 12.1. The van der Waals surface area contributed by atoms with E-state index in [1.807, 2.05) is 0 Å². The van der Waals surface area contributed by atoms with Crippen LogP contribution in [0.4, 0.5) is 4.39 Å². The van der Waals surface area contributed by atoms with Crippen LogP contribution in [-0.2, 0) is 17.6 Å². The molecule has 0 aliphatic carbocycles. The second-order valence-electron chi connectivity index (χ2n) is 4.78. The van der Waals surface area contributed by atoms with Crippen molar-refractivity contribution in [2.75, 3.05) is 0 Å². The molecule has 0 aliphatic rings. The van der Waals surface area contributed by atoms with Crippen LogP contribution in [0.2, 0.25) is 10.0 Å². The molecule has 0 amide bonds. The molecule has 21 heavy (non-hydrogen) atoms. The third-order valence-electron chi connectivity index (χ3n) is 3.24. The first-order chi connectivity index (χ1) is 9.97. The largest absolute Gasteiger partial charge is 0.481 e. The number of hydrogen-bond donors (Lipinski definition) is 1. The molecule has 110 valence electrons. The fraction of sp³-hybridized carbons (Fsp3) is 0.188. The van der Waals surface area contributed by atoms with Gasteiger partial charge in [0.1, 0.15) is 5.82 Å². The summed E-state index contributed by atoms with van der Waals surface area (Å²) in [5.74, 6) is -1.91. The van der Waals surface area contributed by atoms with Crippen molar-refractivity contribution in [2.45, 2.75) is 12.8 Å². The van der Waals surface area contributed by atoms with Gasteiger partial charge in [-0.3, -0.25) is 4.79 Å². The van der Waals surface area contributed by atoms with Crippen molar-refractivity contribution in [3.8, 4) is 0 Å². The van der Waals surface area contributed by atoms with Crippen molar-refractivity contribution in [3.05, 3.63) is 69.5 Å². The Bertz CT molecular complexity index is 641. The fourth-order valence-corrected chi connectivity index (χ4v) is 2.52. The van der Waals surface area contributed by atoms with Crippen molar-refractivity contribution in [3.63, 3.8) is 0 Å². The molecule has 0 aliphatic heterocycles. The number of halogens is 3. The number of carbonyl (C=O) groups is 1. The van der Waals surface area contributed by atoms with Gasteiger partial charge in [0.15, 0.2) is 0 Å². The SMILES string of the molecule is O=C(O)C(Cc1ccc(F)cc1)Cc1cccc(Cl)c1Cl. The molecule has 2 nitrogen and oxygen atoms in total. The standard InChI is InChI=1S/C16H13Cl2FO2/c17-14-3-1-2-11(15(14)18)9-12(16(20)21)8-10-4-6-13(19)7-5-10/h1-7,12H,8-9H2,(H,20,21). The Hall–Kier alpha value is -1.58. The predicted octanol–water partition coefficient (Wildman–Crippen LogP) is 4.62. The number of carboxylic acid groups (broad SMARTS) is 1. The van der Waals surface area contributed by atoms with Gasteiger partial charge in [0.2, 0.25) is 0 Å². The molecule has 0 saturated heterocycles. The van der Waals surface area contributed by atoms with Crippen LogP contribution in [0.15, 0.2) is 42.5 Å². The summed E-state index contributed by atoms with van der Waals surface area (Å²) in [6.07, 6.45) is 0.574. The molecule has 2 rings (SSSR count). The summed E-state index contributed by atoms with van der Waals surface area (Å²) in [5.41, 5.74) is 1.46. The highest BCUT2D eigenvalue weighted by atomic mass is 35.5. The van der Waals surface area contributed by atoms with E-state index in [2.05, 4.69) is 0 Å². The van der Waals surface area contributed by atoms with Gasteiger partial charge in [0, 0.05) is 0 Å². The molecule has 0 spiro atoms. The van der Waals surface area contributed by atoms with Gasteiger partial charge < -0.3 is 5.11 Å². The lowest BCUT2D eigenvalue weighted by Gasteiger charge is -2.14. The molecule has 2 aromatic carbocycles. The minimum Gasteiger partial charge on any atom is -0.481 e. The van der Waals surface area contributed by atoms with Crippen molar-refractivity contribution in [2.24, 2.45) is 5.92 Å². The van der Waals surface area contributed by atoms with E-state index >= 15 is 0 Å². The zero-order chi connectivity index (χ0) is 15.4. The van der Waals surface area contributed by atoms with Crippen LogP contribution < -0.4 is 0 Å². The van der Waals surface area contributed by atoms with Crippen LogP contribution in [0, 0.1) is 11.7 Å². The highest BCUT2D eigenvalue weighted by molar-refractivity contribution is 6.42. The highest BCUT2D eigenvalue weighted by Gasteiger charge is 2.20. The first kappa shape index (κ1) is 15.8. The summed E-state index contributed by atoms with van der Waals surface area (Å²) in [7, 11) is 0. The lowest BCUT2D eigenvalue weighted by atomic mass is 9.92. The lowest BCUT2D eigenvalue weighted by Crippen LogP contribution is -2.19. The Morgan fingerprint density at radius 3 is 2.38 bits per heavy atom. The second-order valence-corrected chi connectivity index (χ2v) is 5.57. The first-order valence-corrected chi connectivity index (χ1v) is 7.13. The summed E-state index contributed by atoms with van der Waals surface area (Å²) < 4.78 is 12.9. The maximum Gasteiger partial charge on any atom is 0.307 e. The molecule has 1 N–H and O–H groups in total. The summed E-state index contributed by atoms with van der Waals surface area (Å²) in [6.45, 7) is 0. The average molecular weight is 327 g/mol. The van der Waals surface area contributed by atoms with E-state index in [0.717, 1.165) is 5.56 Å². The van der Waals surface area contributed by atoms with Gasteiger partial charge >= 0.3 is 5.97 Å². The smallest absolute Gasteiger partial charge is 0.307 e. The fourth-order valence-electron chi connectivity index (χ4n) is 2.12. The number of benzene rings is 2. The van der Waals surface area contributed by atoms with E-state index in [0.29, 0.717) is 22.0 Å². The number of hydrogen-bond acceptors (Lipinski definition) is 1.